The molecular weight excluding hydrogens is 1820 g/mol. The summed E-state index contributed by atoms with van der Waals surface area (Å²) >= 11 is 0. The Hall–Kier alpha value is -8.59. The first-order valence-corrected chi connectivity index (χ1v) is 52.2. The molecule has 0 spiro atoms. The number of nitrogen functional groups attached to an aromatic ring is 1. The number of ether oxygens (including phenoxy) is 1. The molecule has 1 saturated heterocycles. The summed E-state index contributed by atoms with van der Waals surface area (Å²) in [6.07, 6.45) is 15.7. The minimum atomic E-state index is -6.09. The van der Waals surface area contributed by atoms with E-state index in [9.17, 15) is 97.8 Å². The average Bonchev–Trinajstić information content (AvgIpc) is 0.763. The number of aliphatic hydroxyl groups is 1. The van der Waals surface area contributed by atoms with E-state index >= 15 is 0 Å². The molecular formula is C87H108N10O26P3S4-. The van der Waals surface area contributed by atoms with E-state index in [1.54, 1.807) is 4.90 Å². The Morgan fingerprint density at radius 2 is 1.43 bits per heavy atom. The number of rotatable bonds is 36. The molecule has 0 radical (unpaired) electrons. The lowest BCUT2D eigenvalue weighted by molar-refractivity contribution is -0.462. The van der Waals surface area contributed by atoms with Gasteiger partial charge in [-0.25, -0.2) is 17.8 Å². The van der Waals surface area contributed by atoms with Crippen LogP contribution in [0.5, 0.6) is 0 Å². The fraction of sp³-hybridized carbons (Fsp3) is 0.471. The van der Waals surface area contributed by atoms with Crippen molar-refractivity contribution in [2.45, 2.75) is 195 Å². The molecule has 130 heavy (non-hydrogen) atoms. The number of phosphoric ester groups is 1. The highest BCUT2D eigenvalue weighted by molar-refractivity contribution is 8.76. The summed E-state index contributed by atoms with van der Waals surface area (Å²) in [7, 11) is -14.4. The van der Waals surface area contributed by atoms with Gasteiger partial charge in [-0.3, -0.25) is 66.1 Å². The van der Waals surface area contributed by atoms with Gasteiger partial charge in [0.1, 0.15) is 42.0 Å². The molecule has 12 rings (SSSR count). The van der Waals surface area contributed by atoms with Crippen molar-refractivity contribution < 1.29 is 120 Å². The van der Waals surface area contributed by atoms with Crippen molar-refractivity contribution in [2.24, 2.45) is 11.8 Å². The fourth-order valence-corrected chi connectivity index (χ4v) is 23.8. The van der Waals surface area contributed by atoms with Gasteiger partial charge >= 0.3 is 7.82 Å². The van der Waals surface area contributed by atoms with E-state index in [0.717, 1.165) is 99.3 Å². The number of aryl methyl sites for hydroxylation is 1. The first-order valence-electron chi connectivity index (χ1n) is 42.4. The smallest absolute Gasteiger partial charge is 0.478 e. The van der Waals surface area contributed by atoms with Crippen molar-refractivity contribution in [1.82, 2.24) is 40.7 Å². The Morgan fingerprint density at radius 3 is 2.08 bits per heavy atom. The first kappa shape index (κ1) is 102. The highest BCUT2D eigenvalue weighted by Gasteiger charge is 2.43. The number of allylic oxidation sites excluding steroid dienone is 5. The molecule has 5 aliphatic carbocycles. The number of nitrogens with zero attached hydrogens (tertiary/aromatic N) is 4. The fourth-order valence-electron chi connectivity index (χ4n) is 17.3. The Bertz CT molecular complexity index is 6030. The number of ketones is 4. The van der Waals surface area contributed by atoms with Crippen LogP contribution in [-0.4, -0.2) is 202 Å². The van der Waals surface area contributed by atoms with Crippen LogP contribution >= 0.6 is 45.1 Å². The predicted octanol–water partition coefficient (Wildman–Crippen LogP) is 9.37. The molecule has 6 aromatic rings. The summed E-state index contributed by atoms with van der Waals surface area (Å²) in [4.78, 5) is 151. The summed E-state index contributed by atoms with van der Waals surface area (Å²) in [5, 5.41) is 22.9. The number of aromatic amines is 1. The Kier molecular flexibility index (Phi) is 34.2. The third-order valence-corrected chi connectivity index (χ3v) is 32.0. The van der Waals surface area contributed by atoms with Gasteiger partial charge in [0, 0.05) is 128 Å². The van der Waals surface area contributed by atoms with Gasteiger partial charge in [0.15, 0.2) is 28.7 Å². The van der Waals surface area contributed by atoms with Gasteiger partial charge in [0.25, 0.3) is 53.3 Å². The molecule has 36 nitrogen and oxygen atoms in total. The monoisotopic (exact) mass is 1930 g/mol. The van der Waals surface area contributed by atoms with E-state index in [4.69, 9.17) is 15.4 Å². The van der Waals surface area contributed by atoms with E-state index < -0.39 is 95.8 Å². The van der Waals surface area contributed by atoms with Crippen LogP contribution in [0.4, 0.5) is 5.95 Å². The number of fused-ring (bicyclic) bond motifs is 4. The summed E-state index contributed by atoms with van der Waals surface area (Å²) in [5.74, 6) is 4.37. The number of carbonyl (C=O) groups excluding carboxylic acids is 7. The van der Waals surface area contributed by atoms with Gasteiger partial charge in [0.05, 0.1) is 35.8 Å². The zero-order valence-corrected chi connectivity index (χ0v) is 78.9. The van der Waals surface area contributed by atoms with Crippen molar-refractivity contribution in [3.8, 4) is 11.8 Å². The van der Waals surface area contributed by atoms with Crippen molar-refractivity contribution in [3.05, 3.63) is 180 Å². The van der Waals surface area contributed by atoms with Crippen LogP contribution in [-0.2, 0) is 73.2 Å². The van der Waals surface area contributed by atoms with Gasteiger partial charge in [-0.15, -0.1) is 0 Å². The molecule has 2 aromatic heterocycles. The van der Waals surface area contributed by atoms with E-state index in [0.29, 0.717) is 74.2 Å². The normalized spacial score (nSPS) is 21.4. The SMILES string of the molecule is CC(=O)c1ccc(C(=O)CCCSSCCC(=O)NCC#Cc2cn([C@H]3C[C@@H](O)[C@@H](COP(=O)(O)OP(=O)([O-])OP(=O)([O-])O)O3)c3nc(N)[nH]c(=O)c23)cc1S(=O)(=O)O.CNC1CCC(CC(=O)c2ccc(C(=O)NC3CCC(CC(=O)CCCN(C)C(=O)c4ccccc4C4=C5C=CC(=[N+](C)C)C=C5C(C)(C)c5cc6c(cc54)CCCC6NC)CC3)c(S(=O)(=O)O)c2)CC1. The molecule has 0 bridgehead atoms. The van der Waals surface area contributed by atoms with Crippen LogP contribution in [0, 0.1) is 23.7 Å². The first-order chi connectivity index (χ1) is 61.2. The van der Waals surface area contributed by atoms with Crippen LogP contribution in [0.1, 0.15) is 234 Å². The van der Waals surface area contributed by atoms with Gasteiger partial charge < -0.3 is 65.9 Å². The minimum absolute atomic E-state index is 0.0331. The number of Topliss-reactive ketones (excluding diaryl/α,β-unsaturated/α-hetero) is 4. The second-order valence-corrected chi connectivity index (χ2v) is 43.5. The number of amides is 3. The van der Waals surface area contributed by atoms with Crippen molar-refractivity contribution in [2.75, 3.05) is 72.2 Å². The van der Waals surface area contributed by atoms with Crippen LogP contribution in [0.3, 0.4) is 0 Å². The lowest BCUT2D eigenvalue weighted by atomic mass is 9.63. The molecule has 12 N–H and O–H groups in total. The largest absolute Gasteiger partial charge is 0.756 e. The Labute approximate surface area is 761 Å². The summed E-state index contributed by atoms with van der Waals surface area (Å²) in [6.45, 7) is 5.08. The molecule has 2 saturated carbocycles. The topological polar surface area (TPSA) is 554 Å². The molecule has 6 aliphatic rings. The zero-order chi connectivity index (χ0) is 94.7. The summed E-state index contributed by atoms with van der Waals surface area (Å²) in [5.41, 5.74) is 15.9. The quantitative estimate of drug-likeness (QED) is 0.00332. The maximum atomic E-state index is 14.5. The summed E-state index contributed by atoms with van der Waals surface area (Å²) in [6, 6.07) is 20.7. The van der Waals surface area contributed by atoms with Crippen LogP contribution in [0.15, 0.2) is 123 Å². The van der Waals surface area contributed by atoms with E-state index in [1.165, 1.54) is 84.4 Å². The van der Waals surface area contributed by atoms with Crippen molar-refractivity contribution >= 4 is 134 Å². The van der Waals surface area contributed by atoms with Gasteiger partial charge in [-0.2, -0.15) is 21.8 Å². The van der Waals surface area contributed by atoms with Crippen molar-refractivity contribution in [1.29, 1.82) is 0 Å². The van der Waals surface area contributed by atoms with Gasteiger partial charge in [-0.05, 0) is 197 Å². The van der Waals surface area contributed by atoms with Gasteiger partial charge in [0.2, 0.25) is 11.9 Å². The maximum Gasteiger partial charge on any atom is 0.478 e. The van der Waals surface area contributed by atoms with Crippen molar-refractivity contribution in [3.63, 3.8) is 0 Å². The number of benzene rings is 4. The number of aliphatic hydroxyl groups excluding tert-OH is 1. The second kappa shape index (κ2) is 43.6. The lowest BCUT2D eigenvalue weighted by Crippen LogP contribution is -2.38. The number of aromatic nitrogens is 3. The van der Waals surface area contributed by atoms with Crippen LogP contribution < -0.4 is 42.3 Å². The maximum absolute atomic E-state index is 14.5. The number of anilines is 1. The molecule has 3 amide bonds. The highest BCUT2D eigenvalue weighted by atomic mass is 33.1. The average molecular weight is 1930 g/mol. The molecule has 4 unspecified atom stereocenters. The van der Waals surface area contributed by atoms with E-state index in [-0.39, 0.29) is 129 Å². The third kappa shape index (κ3) is 26.3. The Morgan fingerprint density at radius 1 is 0.785 bits per heavy atom. The molecule has 702 valence electrons. The third-order valence-electron chi connectivity index (χ3n) is 24.0. The molecule has 3 fully saturated rings. The number of phosphoric acid groups is 3. The molecule has 7 atom stereocenters. The number of hydrogen-bond donors (Lipinski definition) is 11. The number of hydrogen-bond acceptors (Lipinski definition) is 28. The molecule has 43 heteroatoms. The number of nitrogens with two attached hydrogens (primary N) is 1. The minimum Gasteiger partial charge on any atom is -0.756 e. The number of carbonyl (C=O) groups is 7. The predicted molar refractivity (Wildman–Crippen MR) is 484 cm³/mol. The number of nitrogens with one attached hydrogen (secondary N) is 5. The zero-order valence-electron chi connectivity index (χ0n) is 73.0. The second-order valence-electron chi connectivity index (χ2n) is 33.7. The van der Waals surface area contributed by atoms with E-state index in [2.05, 4.69) is 125 Å². The molecule has 4 aromatic carbocycles. The lowest BCUT2D eigenvalue weighted by Gasteiger charge is -2.41. The number of H-pyrrole nitrogens is 1. The molecule has 1 aliphatic heterocycles. The van der Waals surface area contributed by atoms with Crippen LogP contribution in [0.2, 0.25) is 0 Å². The Balaban J connectivity index is 0.000000256. The highest BCUT2D eigenvalue weighted by Crippen LogP contribution is 2.63. The molecule has 3 heterocycles. The van der Waals surface area contributed by atoms with Gasteiger partial charge in [-0.1, -0.05) is 89.7 Å². The summed E-state index contributed by atoms with van der Waals surface area (Å²) < 4.78 is 123. The van der Waals surface area contributed by atoms with Crippen LogP contribution in [0.25, 0.3) is 16.6 Å². The standard InChI is InChI=1S/C58H73N5O7S.C29H36N5O19P3S3/c1-58(2)50-34-42(62(5)6)26-28-46(50)55(49-32-38-12-10-16-52(60-4)48(38)35-51(49)58)44-14-8-9-15-45(44)57(67)63(7)29-11-13-43(64)30-36-19-24-41(25-20-36)61-56(66)47-27-21-39(33-54(47)71(68,69)70)53(65)31-37-17-22-40(59-3)23-18-37;1-16(35)19-7-6-17(12-23(19)59(47,48)49)20(36)5-3-10-57-58-11-8-24(38)31-9-2-4-18-14-34(27-26(18)28(39)33-29(30)32-27)25-13-21(37)22(51-25)15-50-55(43,44)53-56(45,46)52-54(40,41)42/h8-9,14-15,21,26-28,32-37,40-41,52,59-60H,10-13,16-20,22-25,29-31H2,1-7H3,(H-,61,66,68,69,70);6-7,12,14,21-22,25,37H,3,5,8-11,13,15H2,1H3,(H,31,38)(H,43,44)(H,45,46)(H2,40,41,42)(H,47,48,49)(H3,30,32,33,39)/p-1/t;21-,22-,25-/m.1/s1. The van der Waals surface area contributed by atoms with E-state index in [1.807, 2.05) is 39.3 Å².